The minimum atomic E-state index is -0.497. The van der Waals surface area contributed by atoms with E-state index < -0.39 is 23.8 Å². The lowest BCUT2D eigenvalue weighted by molar-refractivity contribution is -0.121. The van der Waals surface area contributed by atoms with Crippen LogP contribution in [0.1, 0.15) is 37.2 Å². The third kappa shape index (κ3) is 3.32. The van der Waals surface area contributed by atoms with Crippen LogP contribution in [0.15, 0.2) is 66.0 Å². The van der Waals surface area contributed by atoms with Crippen molar-refractivity contribution >= 4 is 29.1 Å². The van der Waals surface area contributed by atoms with E-state index in [0.717, 1.165) is 9.78 Å². The van der Waals surface area contributed by atoms with Crippen molar-refractivity contribution in [3.63, 3.8) is 0 Å². The first kappa shape index (κ1) is 18.1. The van der Waals surface area contributed by atoms with Gasteiger partial charge in [0.25, 0.3) is 11.8 Å². The number of thiophene rings is 1. The van der Waals surface area contributed by atoms with Gasteiger partial charge in [0.2, 0.25) is 5.91 Å². The first-order chi connectivity index (χ1) is 13.5. The topological polar surface area (TPSA) is 66.5 Å². The molecule has 3 amide bonds. The number of hydrogen-bond donors (Lipinski definition) is 1. The molecule has 1 atom stereocenters. The number of carbonyl (C=O) groups excluding carboxylic acids is 3. The largest absolute Gasteiger partial charge is 0.343 e. The lowest BCUT2D eigenvalue weighted by Gasteiger charge is -2.20. The predicted octanol–water partition coefficient (Wildman–Crippen LogP) is 3.39. The molecule has 2 heterocycles. The normalized spacial score (nSPS) is 14.1. The molecule has 1 aliphatic heterocycles. The summed E-state index contributed by atoms with van der Waals surface area (Å²) in [5, 5.41) is 4.73. The summed E-state index contributed by atoms with van der Waals surface area (Å²) in [5.74, 6) is -1.81. The molecule has 5 nitrogen and oxygen atoms in total. The number of nitrogens with zero attached hydrogens (tertiary/aromatic N) is 1. The van der Waals surface area contributed by atoms with E-state index in [4.69, 9.17) is 0 Å². The highest BCUT2D eigenvalue weighted by atomic mass is 32.1. The zero-order chi connectivity index (χ0) is 19.7. The van der Waals surface area contributed by atoms with Crippen molar-refractivity contribution in [2.24, 2.45) is 0 Å². The zero-order valence-electron chi connectivity index (χ0n) is 14.6. The molecular weight excluding hydrogens is 379 g/mol. The van der Waals surface area contributed by atoms with Crippen LogP contribution in [-0.4, -0.2) is 29.2 Å². The quantitative estimate of drug-likeness (QED) is 0.675. The third-order valence-electron chi connectivity index (χ3n) is 4.52. The number of carbonyl (C=O) groups is 3. The van der Waals surface area contributed by atoms with Crippen LogP contribution in [0.4, 0.5) is 4.39 Å². The molecule has 0 fully saturated rings. The highest BCUT2D eigenvalue weighted by Crippen LogP contribution is 2.27. The maximum Gasteiger partial charge on any atom is 0.262 e. The van der Waals surface area contributed by atoms with Gasteiger partial charge in [0.1, 0.15) is 12.4 Å². The summed E-state index contributed by atoms with van der Waals surface area (Å²) in [5.41, 5.74) is 1.31. The van der Waals surface area contributed by atoms with Crippen LogP contribution in [0.5, 0.6) is 0 Å². The van der Waals surface area contributed by atoms with Gasteiger partial charge in [-0.15, -0.1) is 11.3 Å². The Kier molecular flexibility index (Phi) is 4.75. The van der Waals surface area contributed by atoms with Gasteiger partial charge in [-0.25, -0.2) is 4.39 Å². The fourth-order valence-electron chi connectivity index (χ4n) is 3.16. The molecule has 7 heteroatoms. The molecular formula is C21H15FN2O3S. The van der Waals surface area contributed by atoms with Crippen LogP contribution >= 0.6 is 11.3 Å². The first-order valence-electron chi connectivity index (χ1n) is 8.58. The van der Waals surface area contributed by atoms with E-state index >= 15 is 0 Å². The Morgan fingerprint density at radius 3 is 2.18 bits per heavy atom. The Morgan fingerprint density at radius 1 is 0.964 bits per heavy atom. The molecule has 1 aliphatic rings. The number of amides is 3. The Hall–Kier alpha value is -3.32. The average molecular weight is 394 g/mol. The second-order valence-corrected chi connectivity index (χ2v) is 7.29. The van der Waals surface area contributed by atoms with Crippen LogP contribution in [0.2, 0.25) is 0 Å². The summed E-state index contributed by atoms with van der Waals surface area (Å²) in [7, 11) is 0. The Bertz CT molecular complexity index is 1010. The standard InChI is InChI=1S/C21H15FN2O3S/c22-14-9-7-13(8-10-14)19(17-6-3-11-28-17)23-18(25)12-24-20(26)15-4-1-2-5-16(15)21(24)27/h1-11,19H,12H2,(H,23,25)/t19-/m0/s1. The maximum absolute atomic E-state index is 13.3. The van der Waals surface area contributed by atoms with Crippen molar-refractivity contribution in [1.82, 2.24) is 10.2 Å². The number of rotatable bonds is 5. The number of nitrogens with one attached hydrogen (secondary N) is 1. The molecule has 0 spiro atoms. The van der Waals surface area contributed by atoms with E-state index in [1.54, 1.807) is 36.4 Å². The van der Waals surface area contributed by atoms with Crippen LogP contribution in [0, 0.1) is 5.82 Å². The minimum absolute atomic E-state index is 0.300. The van der Waals surface area contributed by atoms with Crippen LogP contribution in [-0.2, 0) is 4.79 Å². The van der Waals surface area contributed by atoms with E-state index in [9.17, 15) is 18.8 Å². The molecule has 4 rings (SSSR count). The molecule has 1 N–H and O–H groups in total. The first-order valence-corrected chi connectivity index (χ1v) is 9.46. The molecule has 0 saturated heterocycles. The van der Waals surface area contributed by atoms with E-state index in [1.807, 2.05) is 17.5 Å². The van der Waals surface area contributed by atoms with Crippen LogP contribution < -0.4 is 5.32 Å². The van der Waals surface area contributed by atoms with Crippen molar-refractivity contribution in [3.05, 3.63) is 93.4 Å². The summed E-state index contributed by atoms with van der Waals surface area (Å²) in [6.07, 6.45) is 0. The molecule has 0 aliphatic carbocycles. The lowest BCUT2D eigenvalue weighted by Crippen LogP contribution is -2.41. The highest BCUT2D eigenvalue weighted by Gasteiger charge is 2.36. The predicted molar refractivity (Wildman–Crippen MR) is 103 cm³/mol. The molecule has 140 valence electrons. The average Bonchev–Trinajstić information content (AvgIpc) is 3.31. The van der Waals surface area contributed by atoms with Gasteiger partial charge >= 0.3 is 0 Å². The van der Waals surface area contributed by atoms with Gasteiger partial charge < -0.3 is 5.32 Å². The Labute approximate surface area is 164 Å². The second-order valence-electron chi connectivity index (χ2n) is 6.31. The fourth-order valence-corrected chi connectivity index (χ4v) is 3.96. The number of hydrogen-bond acceptors (Lipinski definition) is 4. The van der Waals surface area contributed by atoms with Gasteiger partial charge in [0.15, 0.2) is 0 Å². The van der Waals surface area contributed by atoms with Gasteiger partial charge in [-0.1, -0.05) is 30.3 Å². The summed E-state index contributed by atoms with van der Waals surface area (Å²) >= 11 is 1.45. The maximum atomic E-state index is 13.3. The fraction of sp³-hybridized carbons (Fsp3) is 0.0952. The summed E-state index contributed by atoms with van der Waals surface area (Å²) in [6.45, 7) is -0.380. The number of halogens is 1. The zero-order valence-corrected chi connectivity index (χ0v) is 15.4. The van der Waals surface area contributed by atoms with Crippen LogP contribution in [0.3, 0.4) is 0 Å². The molecule has 0 bridgehead atoms. The van der Waals surface area contributed by atoms with Gasteiger partial charge in [-0.2, -0.15) is 0 Å². The molecule has 1 aromatic heterocycles. The van der Waals surface area contributed by atoms with Crippen LogP contribution in [0.25, 0.3) is 0 Å². The van der Waals surface area contributed by atoms with E-state index in [1.165, 1.54) is 23.5 Å². The van der Waals surface area contributed by atoms with Gasteiger partial charge in [0, 0.05) is 4.88 Å². The molecule has 0 saturated carbocycles. The van der Waals surface area contributed by atoms with Crippen molar-refractivity contribution < 1.29 is 18.8 Å². The molecule has 28 heavy (non-hydrogen) atoms. The van der Waals surface area contributed by atoms with Crippen molar-refractivity contribution in [1.29, 1.82) is 0 Å². The van der Waals surface area contributed by atoms with Gasteiger partial charge in [0.05, 0.1) is 17.2 Å². The minimum Gasteiger partial charge on any atom is -0.343 e. The van der Waals surface area contributed by atoms with Gasteiger partial charge in [-0.3, -0.25) is 19.3 Å². The Morgan fingerprint density at radius 2 is 1.61 bits per heavy atom. The van der Waals surface area contributed by atoms with Gasteiger partial charge in [-0.05, 0) is 41.3 Å². The summed E-state index contributed by atoms with van der Waals surface area (Å²) < 4.78 is 13.3. The third-order valence-corrected chi connectivity index (χ3v) is 5.45. The second kappa shape index (κ2) is 7.36. The van der Waals surface area contributed by atoms with Crippen molar-refractivity contribution in [2.75, 3.05) is 6.54 Å². The smallest absolute Gasteiger partial charge is 0.262 e. The highest BCUT2D eigenvalue weighted by molar-refractivity contribution is 7.10. The summed E-state index contributed by atoms with van der Waals surface area (Å²) in [4.78, 5) is 39.4. The van der Waals surface area contributed by atoms with Crippen molar-refractivity contribution in [2.45, 2.75) is 6.04 Å². The van der Waals surface area contributed by atoms with E-state index in [-0.39, 0.29) is 12.4 Å². The molecule has 0 radical (unpaired) electrons. The molecule has 0 unspecified atom stereocenters. The number of fused-ring (bicyclic) bond motifs is 1. The van der Waals surface area contributed by atoms with E-state index in [0.29, 0.717) is 16.7 Å². The summed E-state index contributed by atoms with van der Waals surface area (Å²) in [6, 6.07) is 15.6. The number of benzene rings is 2. The SMILES string of the molecule is O=C(CN1C(=O)c2ccccc2C1=O)N[C@@H](c1ccc(F)cc1)c1cccs1. The Balaban J connectivity index is 1.54. The van der Waals surface area contributed by atoms with E-state index in [2.05, 4.69) is 5.32 Å². The number of imide groups is 1. The molecule has 2 aromatic carbocycles. The monoisotopic (exact) mass is 394 g/mol. The molecule has 3 aromatic rings. The lowest BCUT2D eigenvalue weighted by atomic mass is 10.1. The van der Waals surface area contributed by atoms with Crippen molar-refractivity contribution in [3.8, 4) is 0 Å².